The molecule has 3 nitrogen and oxygen atoms in total. The van der Waals surface area contributed by atoms with Crippen molar-refractivity contribution < 1.29 is 0 Å². The van der Waals surface area contributed by atoms with Crippen molar-refractivity contribution in [2.24, 2.45) is 0 Å². The average molecular weight is 213 g/mol. The maximum Gasteiger partial charge on any atom is 0.0107 e. The van der Waals surface area contributed by atoms with Gasteiger partial charge in [0.1, 0.15) is 0 Å². The van der Waals surface area contributed by atoms with Crippen molar-refractivity contribution >= 4 is 0 Å². The predicted molar refractivity (Wildman–Crippen MR) is 66.3 cm³/mol. The van der Waals surface area contributed by atoms with Crippen molar-refractivity contribution in [3.8, 4) is 0 Å². The number of nitrogens with zero attached hydrogens (tertiary/aromatic N) is 2. The largest absolute Gasteiger partial charge is 0.313 e. The van der Waals surface area contributed by atoms with Gasteiger partial charge in [0.05, 0.1) is 0 Å². The van der Waals surface area contributed by atoms with Crippen molar-refractivity contribution in [3.05, 3.63) is 0 Å². The second-order valence-corrected chi connectivity index (χ2v) is 4.56. The third kappa shape index (κ3) is 4.96. The zero-order chi connectivity index (χ0) is 11.1. The molecule has 0 atom stereocenters. The van der Waals surface area contributed by atoms with Gasteiger partial charge in [-0.3, -0.25) is 0 Å². The second-order valence-electron chi connectivity index (χ2n) is 4.56. The van der Waals surface area contributed by atoms with E-state index in [2.05, 4.69) is 36.0 Å². The van der Waals surface area contributed by atoms with Crippen LogP contribution in [0.15, 0.2) is 0 Å². The number of likely N-dealkylation sites (N-methyl/N-ethyl adjacent to an activating group) is 1. The molecule has 1 heterocycles. The maximum atomic E-state index is 3.67. The van der Waals surface area contributed by atoms with Gasteiger partial charge >= 0.3 is 0 Å². The molecule has 0 amide bonds. The van der Waals surface area contributed by atoms with E-state index in [0.717, 1.165) is 12.6 Å². The summed E-state index contributed by atoms with van der Waals surface area (Å²) in [4.78, 5) is 4.89. The van der Waals surface area contributed by atoms with E-state index in [0.29, 0.717) is 0 Å². The molecule has 3 heteroatoms. The van der Waals surface area contributed by atoms with Crippen molar-refractivity contribution in [3.63, 3.8) is 0 Å². The van der Waals surface area contributed by atoms with Gasteiger partial charge in [0.2, 0.25) is 0 Å². The van der Waals surface area contributed by atoms with Crippen molar-refractivity contribution in [1.82, 2.24) is 15.1 Å². The van der Waals surface area contributed by atoms with Crippen LogP contribution in [0.3, 0.4) is 0 Å². The van der Waals surface area contributed by atoms with Gasteiger partial charge in [-0.15, -0.1) is 0 Å². The second kappa shape index (κ2) is 7.20. The molecule has 0 spiro atoms. The van der Waals surface area contributed by atoms with E-state index < -0.39 is 0 Å². The zero-order valence-corrected chi connectivity index (χ0v) is 10.6. The molecule has 0 aromatic heterocycles. The summed E-state index contributed by atoms with van der Waals surface area (Å²) in [6.45, 7) is 11.7. The maximum absolute atomic E-state index is 3.67. The van der Waals surface area contributed by atoms with Gasteiger partial charge in [0.15, 0.2) is 0 Å². The molecule has 15 heavy (non-hydrogen) atoms. The third-order valence-corrected chi connectivity index (χ3v) is 3.47. The Kier molecular flexibility index (Phi) is 6.22. The fraction of sp³-hybridized carbons (Fsp3) is 1.00. The Labute approximate surface area is 94.8 Å². The topological polar surface area (TPSA) is 18.5 Å². The van der Waals surface area contributed by atoms with E-state index in [9.17, 15) is 0 Å². The average Bonchev–Trinajstić information content (AvgIpc) is 2.27. The summed E-state index contributed by atoms with van der Waals surface area (Å²) in [5.41, 5.74) is 0. The Bertz CT molecular complexity index is 149. The highest BCUT2D eigenvalue weighted by Crippen LogP contribution is 2.07. The van der Waals surface area contributed by atoms with E-state index in [1.54, 1.807) is 0 Å². The Balaban J connectivity index is 2.04. The number of piperidine rings is 1. The first-order chi connectivity index (χ1) is 7.26. The van der Waals surface area contributed by atoms with Gasteiger partial charge in [0.25, 0.3) is 0 Å². The molecule has 1 N–H and O–H groups in total. The molecular weight excluding hydrogens is 186 g/mol. The van der Waals surface area contributed by atoms with E-state index in [1.165, 1.54) is 45.6 Å². The van der Waals surface area contributed by atoms with Crippen molar-refractivity contribution in [2.45, 2.75) is 32.7 Å². The highest BCUT2D eigenvalue weighted by molar-refractivity contribution is 4.75. The van der Waals surface area contributed by atoms with Crippen LogP contribution in [0.1, 0.15) is 26.7 Å². The minimum absolute atomic E-state index is 0.761. The number of hydrogen-bond acceptors (Lipinski definition) is 3. The van der Waals surface area contributed by atoms with Gasteiger partial charge in [-0.1, -0.05) is 13.8 Å². The van der Waals surface area contributed by atoms with Gasteiger partial charge in [-0.2, -0.15) is 0 Å². The smallest absolute Gasteiger partial charge is 0.0107 e. The van der Waals surface area contributed by atoms with E-state index in [1.807, 2.05) is 0 Å². The molecule has 1 aliphatic heterocycles. The molecular formula is C12H27N3. The first-order valence-electron chi connectivity index (χ1n) is 6.40. The molecule has 1 saturated heterocycles. The Hall–Kier alpha value is -0.120. The molecule has 90 valence electrons. The quantitative estimate of drug-likeness (QED) is 0.710. The highest BCUT2D eigenvalue weighted by Gasteiger charge is 2.15. The van der Waals surface area contributed by atoms with Gasteiger partial charge in [-0.25, -0.2) is 0 Å². The summed E-state index contributed by atoms with van der Waals surface area (Å²) < 4.78 is 0. The number of hydrogen-bond donors (Lipinski definition) is 1. The summed E-state index contributed by atoms with van der Waals surface area (Å²) in [6.07, 6.45) is 2.63. The molecule has 0 aromatic rings. The van der Waals surface area contributed by atoms with Crippen LogP contribution in [-0.2, 0) is 0 Å². The van der Waals surface area contributed by atoms with Crippen molar-refractivity contribution in [2.75, 3.05) is 46.3 Å². The lowest BCUT2D eigenvalue weighted by Gasteiger charge is -2.30. The molecule has 0 unspecified atom stereocenters. The van der Waals surface area contributed by atoms with Crippen LogP contribution in [0.2, 0.25) is 0 Å². The van der Waals surface area contributed by atoms with E-state index in [-0.39, 0.29) is 0 Å². The van der Waals surface area contributed by atoms with Crippen LogP contribution in [0.5, 0.6) is 0 Å². The summed E-state index contributed by atoms with van der Waals surface area (Å²) in [6, 6.07) is 0.761. The zero-order valence-electron chi connectivity index (χ0n) is 10.6. The predicted octanol–water partition coefficient (Wildman–Crippen LogP) is 1.01. The van der Waals surface area contributed by atoms with Crippen LogP contribution in [0.4, 0.5) is 0 Å². The Morgan fingerprint density at radius 2 is 1.80 bits per heavy atom. The summed E-state index contributed by atoms with van der Waals surface area (Å²) in [7, 11) is 2.21. The number of likely N-dealkylation sites (tertiary alicyclic amines) is 1. The van der Waals surface area contributed by atoms with Gasteiger partial charge < -0.3 is 15.1 Å². The lowest BCUT2D eigenvalue weighted by atomic mass is 10.1. The van der Waals surface area contributed by atoms with Crippen LogP contribution < -0.4 is 5.32 Å². The molecule has 0 radical (unpaired) electrons. The fourth-order valence-electron chi connectivity index (χ4n) is 2.18. The monoisotopic (exact) mass is 213 g/mol. The van der Waals surface area contributed by atoms with E-state index in [4.69, 9.17) is 0 Å². The fourth-order valence-corrected chi connectivity index (χ4v) is 2.18. The lowest BCUT2D eigenvalue weighted by Crippen LogP contribution is -2.43. The molecule has 1 rings (SSSR count). The molecule has 1 aliphatic rings. The summed E-state index contributed by atoms with van der Waals surface area (Å²) in [5, 5.41) is 3.67. The third-order valence-electron chi connectivity index (χ3n) is 3.47. The minimum Gasteiger partial charge on any atom is -0.313 e. The Morgan fingerprint density at radius 3 is 2.33 bits per heavy atom. The van der Waals surface area contributed by atoms with Crippen LogP contribution in [0.25, 0.3) is 0 Å². The standard InChI is InChI=1S/C12H27N3/c1-4-15(5-2)11-8-13-12-6-9-14(3)10-7-12/h12-13H,4-11H2,1-3H3. The molecule has 0 aromatic carbocycles. The molecule has 1 fully saturated rings. The van der Waals surface area contributed by atoms with Crippen LogP contribution in [-0.4, -0.2) is 62.2 Å². The SMILES string of the molecule is CCN(CC)CCNC1CCN(C)CC1. The van der Waals surface area contributed by atoms with E-state index >= 15 is 0 Å². The number of nitrogens with one attached hydrogen (secondary N) is 1. The van der Waals surface area contributed by atoms with Gasteiger partial charge in [0, 0.05) is 19.1 Å². The first-order valence-corrected chi connectivity index (χ1v) is 6.40. The number of rotatable bonds is 6. The molecule has 0 bridgehead atoms. The highest BCUT2D eigenvalue weighted by atomic mass is 15.1. The van der Waals surface area contributed by atoms with Crippen LogP contribution in [0, 0.1) is 0 Å². The van der Waals surface area contributed by atoms with Crippen LogP contribution >= 0.6 is 0 Å². The lowest BCUT2D eigenvalue weighted by molar-refractivity contribution is 0.226. The molecule has 0 aliphatic carbocycles. The minimum atomic E-state index is 0.761. The van der Waals surface area contributed by atoms with Crippen molar-refractivity contribution in [1.29, 1.82) is 0 Å². The summed E-state index contributed by atoms with van der Waals surface area (Å²) in [5.74, 6) is 0. The Morgan fingerprint density at radius 1 is 1.20 bits per heavy atom. The molecule has 0 saturated carbocycles. The van der Waals surface area contributed by atoms with Gasteiger partial charge in [-0.05, 0) is 46.1 Å². The first kappa shape index (κ1) is 12.9. The summed E-state index contributed by atoms with van der Waals surface area (Å²) >= 11 is 0. The normalized spacial score (nSPS) is 20.0.